The lowest BCUT2D eigenvalue weighted by molar-refractivity contribution is -0.119. The highest BCUT2D eigenvalue weighted by atomic mass is 32.1. The molecule has 1 aromatic carbocycles. The molecule has 0 radical (unpaired) electrons. The Kier molecular flexibility index (Phi) is 5.69. The summed E-state index contributed by atoms with van der Waals surface area (Å²) in [4.78, 5) is 32.4. The van der Waals surface area contributed by atoms with E-state index in [2.05, 4.69) is 25.0 Å². The van der Waals surface area contributed by atoms with Gasteiger partial charge in [-0.1, -0.05) is 44.2 Å². The van der Waals surface area contributed by atoms with Crippen LogP contribution in [0.5, 0.6) is 0 Å². The molecule has 2 aromatic heterocycles. The number of aromatic nitrogens is 3. The Morgan fingerprint density at radius 1 is 1.08 bits per heavy atom. The van der Waals surface area contributed by atoms with Gasteiger partial charge in [0.1, 0.15) is 0 Å². The molecule has 0 aliphatic heterocycles. The van der Waals surface area contributed by atoms with E-state index >= 15 is 0 Å². The predicted octanol–water partition coefficient (Wildman–Crippen LogP) is 3.44. The Hall–Kier alpha value is -2.65. The first kappa shape index (κ1) is 18.2. The molecule has 26 heavy (non-hydrogen) atoms. The second-order valence-electron chi connectivity index (χ2n) is 5.80. The maximum Gasteiger partial charge on any atom is 0.232 e. The van der Waals surface area contributed by atoms with Gasteiger partial charge in [-0.3, -0.25) is 9.59 Å². The molecule has 3 rings (SSSR count). The molecule has 0 fully saturated rings. The maximum absolute atomic E-state index is 12.2. The second kappa shape index (κ2) is 8.15. The quantitative estimate of drug-likeness (QED) is 0.675. The average molecular weight is 387 g/mol. The Bertz CT molecular complexity index is 905. The summed E-state index contributed by atoms with van der Waals surface area (Å²) in [6.45, 7) is 3.62. The van der Waals surface area contributed by atoms with Crippen molar-refractivity contribution >= 4 is 44.9 Å². The van der Waals surface area contributed by atoms with E-state index < -0.39 is 0 Å². The molecule has 134 valence electrons. The third kappa shape index (κ3) is 4.70. The summed E-state index contributed by atoms with van der Waals surface area (Å²) in [5, 5.41) is 8.15. The third-order valence-electron chi connectivity index (χ3n) is 3.35. The van der Waals surface area contributed by atoms with Crippen LogP contribution in [0, 0.1) is 5.92 Å². The molecule has 0 saturated carbocycles. The Morgan fingerprint density at radius 2 is 1.85 bits per heavy atom. The number of nitrogens with one attached hydrogen (secondary N) is 2. The van der Waals surface area contributed by atoms with E-state index in [0.29, 0.717) is 21.8 Å². The van der Waals surface area contributed by atoms with Crippen LogP contribution in [0.3, 0.4) is 0 Å². The molecular weight excluding hydrogens is 370 g/mol. The number of benzene rings is 1. The topological polar surface area (TPSA) is 96.9 Å². The highest BCUT2D eigenvalue weighted by molar-refractivity contribution is 7.14. The lowest BCUT2D eigenvalue weighted by Crippen LogP contribution is -2.18. The van der Waals surface area contributed by atoms with Crippen molar-refractivity contribution < 1.29 is 9.59 Å². The summed E-state index contributed by atoms with van der Waals surface area (Å²) in [5.41, 5.74) is 1.49. The number of thiazole rings is 1. The number of amides is 2. The van der Waals surface area contributed by atoms with E-state index in [1.165, 1.54) is 11.3 Å². The minimum Gasteiger partial charge on any atom is -0.302 e. The summed E-state index contributed by atoms with van der Waals surface area (Å²) in [6.07, 6.45) is 0.105. The molecule has 3 aromatic rings. The summed E-state index contributed by atoms with van der Waals surface area (Å²) in [7, 11) is 0. The molecule has 9 heteroatoms. The smallest absolute Gasteiger partial charge is 0.232 e. The van der Waals surface area contributed by atoms with Crippen molar-refractivity contribution in [2.24, 2.45) is 5.92 Å². The fourth-order valence-corrected chi connectivity index (χ4v) is 3.32. The molecule has 0 spiro atoms. The largest absolute Gasteiger partial charge is 0.302 e. The van der Waals surface area contributed by atoms with Crippen molar-refractivity contribution in [1.29, 1.82) is 0 Å². The lowest BCUT2D eigenvalue weighted by atomic mass is 10.2. The van der Waals surface area contributed by atoms with Crippen molar-refractivity contribution in [3.8, 4) is 11.4 Å². The van der Waals surface area contributed by atoms with E-state index in [0.717, 1.165) is 17.1 Å². The summed E-state index contributed by atoms with van der Waals surface area (Å²) < 4.78 is 4.25. The van der Waals surface area contributed by atoms with E-state index in [-0.39, 0.29) is 24.2 Å². The van der Waals surface area contributed by atoms with Crippen LogP contribution >= 0.6 is 22.9 Å². The van der Waals surface area contributed by atoms with Gasteiger partial charge in [0.25, 0.3) is 0 Å². The van der Waals surface area contributed by atoms with Crippen LogP contribution in [0.25, 0.3) is 11.4 Å². The second-order valence-corrected chi connectivity index (χ2v) is 7.41. The molecule has 0 unspecified atom stereocenters. The number of carbonyl (C=O) groups is 2. The Labute approximate surface area is 158 Å². The van der Waals surface area contributed by atoms with Gasteiger partial charge in [-0.05, 0) is 0 Å². The monoisotopic (exact) mass is 387 g/mol. The highest BCUT2D eigenvalue weighted by Gasteiger charge is 2.13. The fraction of sp³-hybridized carbons (Fsp3) is 0.235. The van der Waals surface area contributed by atoms with Gasteiger partial charge in [0.2, 0.25) is 16.9 Å². The van der Waals surface area contributed by atoms with E-state index in [1.54, 1.807) is 5.38 Å². The van der Waals surface area contributed by atoms with Crippen LogP contribution in [0.4, 0.5) is 10.3 Å². The van der Waals surface area contributed by atoms with Gasteiger partial charge in [-0.25, -0.2) is 4.98 Å². The van der Waals surface area contributed by atoms with Crippen molar-refractivity contribution in [2.45, 2.75) is 20.3 Å². The minimum absolute atomic E-state index is 0.0994. The first-order chi connectivity index (χ1) is 12.5. The van der Waals surface area contributed by atoms with Gasteiger partial charge in [0, 0.05) is 28.4 Å². The van der Waals surface area contributed by atoms with Gasteiger partial charge in [-0.15, -0.1) is 11.3 Å². The van der Waals surface area contributed by atoms with Crippen LogP contribution in [0.1, 0.15) is 19.5 Å². The molecule has 2 heterocycles. The van der Waals surface area contributed by atoms with Crippen LogP contribution in [-0.2, 0) is 16.0 Å². The Balaban J connectivity index is 1.57. The van der Waals surface area contributed by atoms with Crippen molar-refractivity contribution in [1.82, 2.24) is 14.3 Å². The van der Waals surface area contributed by atoms with Crippen LogP contribution in [0.15, 0.2) is 35.7 Å². The zero-order valence-corrected chi connectivity index (χ0v) is 15.9. The number of rotatable bonds is 6. The van der Waals surface area contributed by atoms with Crippen molar-refractivity contribution in [3.63, 3.8) is 0 Å². The maximum atomic E-state index is 12.2. The number of carbonyl (C=O) groups excluding carboxylic acids is 2. The molecule has 0 atom stereocenters. The average Bonchev–Trinajstić information content (AvgIpc) is 3.25. The van der Waals surface area contributed by atoms with Gasteiger partial charge in [-0.2, -0.15) is 9.36 Å². The zero-order valence-electron chi connectivity index (χ0n) is 14.2. The molecule has 0 saturated heterocycles. The van der Waals surface area contributed by atoms with E-state index in [4.69, 9.17) is 0 Å². The molecule has 0 aliphatic carbocycles. The number of hydrogen-bond acceptors (Lipinski definition) is 7. The van der Waals surface area contributed by atoms with Crippen molar-refractivity contribution in [3.05, 3.63) is 41.4 Å². The first-order valence-corrected chi connectivity index (χ1v) is 9.61. The molecule has 2 amide bonds. The minimum atomic E-state index is -0.229. The normalized spacial score (nSPS) is 10.7. The molecular formula is C17H17N5O2S2. The molecule has 0 bridgehead atoms. The zero-order chi connectivity index (χ0) is 18.5. The van der Waals surface area contributed by atoms with Crippen LogP contribution in [-0.4, -0.2) is 26.2 Å². The van der Waals surface area contributed by atoms with Gasteiger partial charge in [0.15, 0.2) is 11.0 Å². The fourth-order valence-electron chi connectivity index (χ4n) is 2.00. The number of anilines is 2. The van der Waals surface area contributed by atoms with E-state index in [1.807, 2.05) is 44.2 Å². The standard InChI is InChI=1S/C17H17N5O2S2/c1-10(2)15(24)21-16-18-12(9-25-16)8-13(23)19-17-20-14(22-26-17)11-6-4-3-5-7-11/h3-7,9-10H,8H2,1-2H3,(H,18,21,24)(H,19,20,22,23). The van der Waals surface area contributed by atoms with Crippen molar-refractivity contribution in [2.75, 3.05) is 10.6 Å². The Morgan fingerprint density at radius 3 is 2.58 bits per heavy atom. The summed E-state index contributed by atoms with van der Waals surface area (Å²) >= 11 is 2.43. The van der Waals surface area contributed by atoms with Gasteiger partial charge >= 0.3 is 0 Å². The van der Waals surface area contributed by atoms with Gasteiger partial charge in [0.05, 0.1) is 12.1 Å². The van der Waals surface area contributed by atoms with Crippen LogP contribution < -0.4 is 10.6 Å². The molecule has 7 nitrogen and oxygen atoms in total. The highest BCUT2D eigenvalue weighted by Crippen LogP contribution is 2.21. The third-order valence-corrected chi connectivity index (χ3v) is 4.79. The predicted molar refractivity (Wildman–Crippen MR) is 103 cm³/mol. The summed E-state index contributed by atoms with van der Waals surface area (Å²) in [6, 6.07) is 9.56. The first-order valence-electron chi connectivity index (χ1n) is 7.95. The number of hydrogen-bond donors (Lipinski definition) is 2. The van der Waals surface area contributed by atoms with Crippen LogP contribution in [0.2, 0.25) is 0 Å². The lowest BCUT2D eigenvalue weighted by Gasteiger charge is -2.03. The van der Waals surface area contributed by atoms with Gasteiger partial charge < -0.3 is 10.6 Å². The number of nitrogens with zero attached hydrogens (tertiary/aromatic N) is 3. The van der Waals surface area contributed by atoms with E-state index in [9.17, 15) is 9.59 Å². The summed E-state index contributed by atoms with van der Waals surface area (Å²) in [5.74, 6) is 0.130. The molecule has 2 N–H and O–H groups in total. The molecule has 0 aliphatic rings. The SMILES string of the molecule is CC(C)C(=O)Nc1nc(CC(=O)Nc2nc(-c3ccccc3)ns2)cs1.